The Hall–Kier alpha value is -0.160. The summed E-state index contributed by atoms with van der Waals surface area (Å²) in [6.07, 6.45) is 0. The van der Waals surface area contributed by atoms with Crippen molar-refractivity contribution in [2.45, 2.75) is 24.3 Å². The smallest absolute Gasteiger partial charge is 0.160 e. The maximum Gasteiger partial charge on any atom is 0.446 e. The molecule has 0 N–H and O–H groups in total. The molecule has 0 unspecified atom stereocenters. The van der Waals surface area contributed by atoms with E-state index >= 15 is 0 Å². The van der Waals surface area contributed by atoms with Crippen LogP contribution in [0.5, 0.6) is 0 Å². The molecule has 1 aromatic carbocycles. The largest absolute Gasteiger partial charge is 0.446 e. The minimum Gasteiger partial charge on any atom is -0.160 e. The second kappa shape index (κ2) is 6.35. The van der Waals surface area contributed by atoms with Gasteiger partial charge in [0.15, 0.2) is 0 Å². The zero-order valence-corrected chi connectivity index (χ0v) is 10.1. The Bertz CT molecular complexity index is 256. The molecule has 0 atom stereocenters. The third-order valence-electron chi connectivity index (χ3n) is 1.05. The predicted octanol–water partition coefficient (Wildman–Crippen LogP) is 5.09. The van der Waals surface area contributed by atoms with E-state index in [-0.39, 0.29) is 16.7 Å². The van der Waals surface area contributed by atoms with E-state index in [1.807, 2.05) is 13.8 Å². The number of thioether (sulfide) groups is 1. The number of hydrogen-bond donors (Lipinski definition) is 0. The van der Waals surface area contributed by atoms with Gasteiger partial charge in [-0.25, -0.2) is 0 Å². The van der Waals surface area contributed by atoms with Crippen molar-refractivity contribution in [3.05, 3.63) is 28.7 Å². The quantitative estimate of drug-likeness (QED) is 0.648. The van der Waals surface area contributed by atoms with Crippen LogP contribution in [0.4, 0.5) is 13.2 Å². The fraction of sp³-hybridized carbons (Fsp3) is 0.333. The minimum absolute atomic E-state index is 0.111. The van der Waals surface area contributed by atoms with E-state index in [1.54, 1.807) is 12.1 Å². The van der Waals surface area contributed by atoms with Gasteiger partial charge in [-0.15, -0.1) is 0 Å². The van der Waals surface area contributed by atoms with Gasteiger partial charge in [0.05, 0.1) is 0 Å². The van der Waals surface area contributed by atoms with Crippen LogP contribution in [0.25, 0.3) is 0 Å². The first kappa shape index (κ1) is 13.8. The molecule has 0 spiro atoms. The molecule has 1 rings (SSSR count). The summed E-state index contributed by atoms with van der Waals surface area (Å²) in [5.74, 6) is 0. The highest BCUT2D eigenvalue weighted by atomic mass is 79.9. The second-order valence-corrected chi connectivity index (χ2v) is 4.06. The highest BCUT2D eigenvalue weighted by Crippen LogP contribution is 2.36. The summed E-state index contributed by atoms with van der Waals surface area (Å²) in [5, 5.41) is 0. The van der Waals surface area contributed by atoms with Crippen LogP contribution in [0.15, 0.2) is 33.6 Å². The maximum atomic E-state index is 11.8. The molecular formula is C9H10BrF3S. The van der Waals surface area contributed by atoms with Crippen LogP contribution in [0, 0.1) is 0 Å². The molecule has 0 fully saturated rings. The molecule has 1 aromatic rings. The zero-order valence-electron chi connectivity index (χ0n) is 7.73. The zero-order chi connectivity index (χ0) is 11.2. The molecule has 0 aliphatic carbocycles. The van der Waals surface area contributed by atoms with Gasteiger partial charge >= 0.3 is 5.51 Å². The van der Waals surface area contributed by atoms with Crippen LogP contribution in [-0.2, 0) is 0 Å². The first-order valence-corrected chi connectivity index (χ1v) is 5.60. The Kier molecular flexibility index (Phi) is 6.27. The Labute approximate surface area is 94.0 Å². The van der Waals surface area contributed by atoms with Crippen molar-refractivity contribution in [3.8, 4) is 0 Å². The van der Waals surface area contributed by atoms with E-state index < -0.39 is 5.51 Å². The van der Waals surface area contributed by atoms with Gasteiger partial charge in [-0.1, -0.05) is 29.8 Å². The molecule has 5 heteroatoms. The summed E-state index contributed by atoms with van der Waals surface area (Å²) < 4.78 is 36.2. The molecule has 0 aromatic heterocycles. The molecule has 0 aliphatic rings. The average Bonchev–Trinajstić information content (AvgIpc) is 2.10. The third-order valence-corrected chi connectivity index (χ3v) is 2.32. The lowest BCUT2D eigenvalue weighted by Gasteiger charge is -2.04. The fourth-order valence-electron chi connectivity index (χ4n) is 0.636. The van der Waals surface area contributed by atoms with Gasteiger partial charge in [0.1, 0.15) is 0 Å². The van der Waals surface area contributed by atoms with Crippen molar-refractivity contribution in [2.75, 3.05) is 0 Å². The van der Waals surface area contributed by atoms with E-state index in [4.69, 9.17) is 0 Å². The summed E-state index contributed by atoms with van der Waals surface area (Å²) in [6.45, 7) is 4.00. The van der Waals surface area contributed by atoms with Gasteiger partial charge in [-0.3, -0.25) is 0 Å². The molecule has 0 saturated heterocycles. The van der Waals surface area contributed by atoms with Crippen molar-refractivity contribution in [1.29, 1.82) is 0 Å². The van der Waals surface area contributed by atoms with E-state index in [1.165, 1.54) is 12.1 Å². The SMILES string of the molecule is CC.FC(F)(F)Sc1ccc(Br)cc1. The van der Waals surface area contributed by atoms with Gasteiger partial charge in [-0.05, 0) is 36.0 Å². The van der Waals surface area contributed by atoms with Gasteiger partial charge in [-0.2, -0.15) is 13.2 Å². The Balaban J connectivity index is 0.000000791. The molecule has 0 amide bonds. The molecule has 0 heterocycles. The highest BCUT2D eigenvalue weighted by molar-refractivity contribution is 9.10. The standard InChI is InChI=1S/C7H4BrF3S.C2H6/c8-5-1-3-6(4-2-5)12-7(9,10)11;1-2/h1-4H;1-2H3. The summed E-state index contributed by atoms with van der Waals surface area (Å²) in [7, 11) is 0. The third kappa shape index (κ3) is 6.32. The molecule has 0 bridgehead atoms. The van der Waals surface area contributed by atoms with Crippen molar-refractivity contribution in [1.82, 2.24) is 0 Å². The summed E-state index contributed by atoms with van der Waals surface area (Å²) >= 11 is 3.02. The first-order valence-electron chi connectivity index (χ1n) is 3.99. The molecule has 0 radical (unpaired) electrons. The van der Waals surface area contributed by atoms with E-state index in [0.29, 0.717) is 0 Å². The lowest BCUT2D eigenvalue weighted by molar-refractivity contribution is -0.0328. The number of hydrogen-bond acceptors (Lipinski definition) is 1. The number of alkyl halides is 3. The highest BCUT2D eigenvalue weighted by Gasteiger charge is 2.28. The van der Waals surface area contributed by atoms with Crippen LogP contribution in [-0.4, -0.2) is 5.51 Å². The maximum absolute atomic E-state index is 11.8. The number of halogens is 4. The average molecular weight is 287 g/mol. The lowest BCUT2D eigenvalue weighted by atomic mass is 10.4. The van der Waals surface area contributed by atoms with Crippen molar-refractivity contribution in [3.63, 3.8) is 0 Å². The summed E-state index contributed by atoms with van der Waals surface area (Å²) in [5.41, 5.74) is -4.20. The predicted molar refractivity (Wildman–Crippen MR) is 57.4 cm³/mol. The number of benzene rings is 1. The molecule has 0 saturated carbocycles. The first-order chi connectivity index (χ1) is 6.47. The van der Waals surface area contributed by atoms with Gasteiger partial charge in [0.2, 0.25) is 0 Å². The molecule has 0 aliphatic heterocycles. The monoisotopic (exact) mass is 286 g/mol. The van der Waals surface area contributed by atoms with E-state index in [2.05, 4.69) is 15.9 Å². The molecule has 80 valence electrons. The van der Waals surface area contributed by atoms with Gasteiger partial charge in [0.25, 0.3) is 0 Å². The topological polar surface area (TPSA) is 0 Å². The van der Waals surface area contributed by atoms with E-state index in [9.17, 15) is 13.2 Å². The Morgan fingerprint density at radius 3 is 1.86 bits per heavy atom. The van der Waals surface area contributed by atoms with Crippen LogP contribution in [0.2, 0.25) is 0 Å². The van der Waals surface area contributed by atoms with Crippen LogP contribution < -0.4 is 0 Å². The van der Waals surface area contributed by atoms with Gasteiger partial charge < -0.3 is 0 Å². The number of rotatable bonds is 1. The Morgan fingerprint density at radius 2 is 1.50 bits per heavy atom. The second-order valence-electron chi connectivity index (χ2n) is 2.00. The summed E-state index contributed by atoms with van der Waals surface area (Å²) in [4.78, 5) is 0.200. The van der Waals surface area contributed by atoms with Crippen LogP contribution in [0.1, 0.15) is 13.8 Å². The van der Waals surface area contributed by atoms with Crippen molar-refractivity contribution in [2.24, 2.45) is 0 Å². The Morgan fingerprint density at radius 1 is 1.07 bits per heavy atom. The van der Waals surface area contributed by atoms with Crippen molar-refractivity contribution >= 4 is 27.7 Å². The van der Waals surface area contributed by atoms with Crippen molar-refractivity contribution < 1.29 is 13.2 Å². The molecule has 0 nitrogen and oxygen atoms in total. The van der Waals surface area contributed by atoms with Gasteiger partial charge in [0, 0.05) is 9.37 Å². The molecule has 14 heavy (non-hydrogen) atoms. The van der Waals surface area contributed by atoms with E-state index in [0.717, 1.165) is 4.47 Å². The minimum atomic E-state index is -4.20. The molecular weight excluding hydrogens is 277 g/mol. The lowest BCUT2D eigenvalue weighted by Crippen LogP contribution is -1.98. The summed E-state index contributed by atoms with van der Waals surface area (Å²) in [6, 6.07) is 5.99. The fourth-order valence-corrected chi connectivity index (χ4v) is 1.44. The van der Waals surface area contributed by atoms with Crippen LogP contribution in [0.3, 0.4) is 0 Å². The normalized spacial score (nSPS) is 10.4. The van der Waals surface area contributed by atoms with Crippen LogP contribution >= 0.6 is 27.7 Å².